The minimum absolute atomic E-state index is 0. The molecule has 158 valence electrons. The van der Waals surface area contributed by atoms with Crippen LogP contribution in [0.25, 0.3) is 0 Å². The fourth-order valence-electron chi connectivity index (χ4n) is 2.82. The molecule has 1 saturated heterocycles. The minimum Gasteiger partial charge on any atom is -0.382 e. The number of halogens is 2. The van der Waals surface area contributed by atoms with Gasteiger partial charge in [0, 0.05) is 52.0 Å². The molecule has 1 N–H and O–H groups in total. The monoisotopic (exact) mass is 524 g/mol. The highest BCUT2D eigenvalue weighted by Gasteiger charge is 2.25. The van der Waals surface area contributed by atoms with Crippen LogP contribution in [0.4, 0.5) is 0 Å². The van der Waals surface area contributed by atoms with E-state index in [1.165, 1.54) is 0 Å². The Kier molecular flexibility index (Phi) is 12.4. The molecule has 0 atom stereocenters. The van der Waals surface area contributed by atoms with E-state index in [1.54, 1.807) is 14.2 Å². The highest BCUT2D eigenvalue weighted by atomic mass is 127. The van der Waals surface area contributed by atoms with Crippen molar-refractivity contribution in [3.63, 3.8) is 0 Å². The lowest BCUT2D eigenvalue weighted by molar-refractivity contribution is -0.135. The Morgan fingerprint density at radius 1 is 1.21 bits per heavy atom. The summed E-state index contributed by atoms with van der Waals surface area (Å²) in [6, 6.07) is 7.61. The smallest absolute Gasteiger partial charge is 0.242 e. The fraction of sp³-hybridized carbons (Fsp3) is 0.579. The molecule has 1 aliphatic rings. The second-order valence-electron chi connectivity index (χ2n) is 6.30. The second kappa shape index (κ2) is 14.0. The van der Waals surface area contributed by atoms with E-state index < -0.39 is 0 Å². The lowest BCUT2D eigenvalue weighted by Gasteiger charge is -2.36. The van der Waals surface area contributed by atoms with Crippen molar-refractivity contribution in [1.82, 2.24) is 15.1 Å². The molecule has 0 saturated carbocycles. The van der Waals surface area contributed by atoms with E-state index in [2.05, 4.69) is 10.3 Å². The molecular weight excluding hydrogens is 495 g/mol. The predicted octanol–water partition coefficient (Wildman–Crippen LogP) is 2.23. The normalized spacial score (nSPS) is 14.8. The summed E-state index contributed by atoms with van der Waals surface area (Å²) in [4.78, 5) is 20.7. The summed E-state index contributed by atoms with van der Waals surface area (Å²) in [5.41, 5.74) is 1.08. The third-order valence-corrected chi connectivity index (χ3v) is 4.55. The molecule has 0 unspecified atom stereocenters. The number of rotatable bonds is 9. The Morgan fingerprint density at radius 3 is 2.61 bits per heavy atom. The van der Waals surface area contributed by atoms with Crippen LogP contribution in [0.3, 0.4) is 0 Å². The van der Waals surface area contributed by atoms with Gasteiger partial charge in [-0.2, -0.15) is 0 Å². The van der Waals surface area contributed by atoms with E-state index in [9.17, 15) is 4.79 Å². The number of carbonyl (C=O) groups is 1. The molecule has 2 rings (SSSR count). The number of benzene rings is 1. The molecule has 9 heteroatoms. The van der Waals surface area contributed by atoms with Crippen molar-refractivity contribution >= 4 is 47.4 Å². The minimum atomic E-state index is 0. The van der Waals surface area contributed by atoms with Crippen LogP contribution in [0.1, 0.15) is 12.0 Å². The first kappa shape index (κ1) is 24.9. The Bertz CT molecular complexity index is 616. The first-order chi connectivity index (χ1) is 13.1. The van der Waals surface area contributed by atoms with Crippen molar-refractivity contribution in [2.24, 2.45) is 4.99 Å². The van der Waals surface area contributed by atoms with Gasteiger partial charge in [-0.05, 0) is 24.1 Å². The molecule has 0 radical (unpaired) electrons. The Hall–Kier alpha value is -1.10. The van der Waals surface area contributed by atoms with E-state index >= 15 is 0 Å². The van der Waals surface area contributed by atoms with Gasteiger partial charge in [-0.25, -0.2) is 0 Å². The van der Waals surface area contributed by atoms with Crippen LogP contribution in [-0.2, 0) is 20.8 Å². The van der Waals surface area contributed by atoms with Gasteiger partial charge in [0.2, 0.25) is 5.91 Å². The van der Waals surface area contributed by atoms with Crippen molar-refractivity contribution in [2.75, 3.05) is 60.2 Å². The van der Waals surface area contributed by atoms with Gasteiger partial charge in [-0.15, -0.1) is 24.0 Å². The van der Waals surface area contributed by atoms with Crippen LogP contribution in [0.5, 0.6) is 0 Å². The lowest BCUT2D eigenvalue weighted by Crippen LogP contribution is -2.55. The van der Waals surface area contributed by atoms with Crippen LogP contribution >= 0.6 is 35.6 Å². The van der Waals surface area contributed by atoms with Gasteiger partial charge in [0.05, 0.1) is 19.8 Å². The van der Waals surface area contributed by atoms with Crippen molar-refractivity contribution < 1.29 is 14.3 Å². The second-order valence-corrected chi connectivity index (χ2v) is 6.73. The number of amides is 1. The Balaban J connectivity index is 0.00000392. The number of nitrogens with one attached hydrogen (secondary N) is 1. The maximum absolute atomic E-state index is 12.5. The van der Waals surface area contributed by atoms with Crippen LogP contribution in [-0.4, -0.2) is 81.8 Å². The first-order valence-corrected chi connectivity index (χ1v) is 9.56. The molecule has 0 aromatic heterocycles. The molecule has 1 aliphatic heterocycles. The molecule has 1 aromatic rings. The molecule has 0 bridgehead atoms. The standard InChI is InChI=1S/C19H29ClN4O3.HI/c1-21-19(22-8-3-11-27-13-12-26-2)24-10-9-23(18(25)15-24)14-16-4-6-17(20)7-5-16;/h4-7H,3,8-15H2,1-2H3,(H,21,22);1H. The van der Waals surface area contributed by atoms with Crippen molar-refractivity contribution in [1.29, 1.82) is 0 Å². The van der Waals surface area contributed by atoms with Gasteiger partial charge in [0.25, 0.3) is 0 Å². The van der Waals surface area contributed by atoms with Gasteiger partial charge >= 0.3 is 0 Å². The maximum Gasteiger partial charge on any atom is 0.242 e. The molecular formula is C19H30ClIN4O3. The number of hydrogen-bond donors (Lipinski definition) is 1. The average Bonchev–Trinajstić information content (AvgIpc) is 2.67. The van der Waals surface area contributed by atoms with Gasteiger partial charge in [-0.1, -0.05) is 23.7 Å². The molecule has 1 amide bonds. The number of carbonyl (C=O) groups excluding carboxylic acids is 1. The fourth-order valence-corrected chi connectivity index (χ4v) is 2.94. The van der Waals surface area contributed by atoms with E-state index in [0.29, 0.717) is 44.5 Å². The zero-order valence-electron chi connectivity index (χ0n) is 16.5. The number of guanidine groups is 1. The third kappa shape index (κ3) is 8.50. The highest BCUT2D eigenvalue weighted by molar-refractivity contribution is 14.0. The maximum atomic E-state index is 12.5. The molecule has 1 fully saturated rings. The molecule has 7 nitrogen and oxygen atoms in total. The Labute approximate surface area is 189 Å². The number of ether oxygens (including phenoxy) is 2. The third-order valence-electron chi connectivity index (χ3n) is 4.30. The highest BCUT2D eigenvalue weighted by Crippen LogP contribution is 2.13. The van der Waals surface area contributed by atoms with Crippen molar-refractivity contribution in [2.45, 2.75) is 13.0 Å². The molecule has 1 heterocycles. The van der Waals surface area contributed by atoms with E-state index in [-0.39, 0.29) is 29.9 Å². The van der Waals surface area contributed by atoms with Gasteiger partial charge in [0.15, 0.2) is 5.96 Å². The van der Waals surface area contributed by atoms with Gasteiger partial charge in [0.1, 0.15) is 0 Å². The van der Waals surface area contributed by atoms with Crippen LogP contribution in [0.15, 0.2) is 29.3 Å². The summed E-state index contributed by atoms with van der Waals surface area (Å²) in [6.07, 6.45) is 0.868. The summed E-state index contributed by atoms with van der Waals surface area (Å²) < 4.78 is 10.4. The first-order valence-electron chi connectivity index (χ1n) is 9.18. The molecule has 0 aliphatic carbocycles. The van der Waals surface area contributed by atoms with E-state index in [1.807, 2.05) is 34.1 Å². The summed E-state index contributed by atoms with van der Waals surface area (Å²) in [7, 11) is 3.40. The van der Waals surface area contributed by atoms with E-state index in [0.717, 1.165) is 31.0 Å². The number of aliphatic imine (C=N–C) groups is 1. The summed E-state index contributed by atoms with van der Waals surface area (Å²) in [6.45, 7) is 4.99. The Morgan fingerprint density at radius 2 is 1.96 bits per heavy atom. The van der Waals surface area contributed by atoms with Crippen molar-refractivity contribution in [3.8, 4) is 0 Å². The average molecular weight is 525 g/mol. The quantitative estimate of drug-likeness (QED) is 0.232. The van der Waals surface area contributed by atoms with Crippen molar-refractivity contribution in [3.05, 3.63) is 34.9 Å². The van der Waals surface area contributed by atoms with Gasteiger partial charge in [-0.3, -0.25) is 9.79 Å². The number of piperazine rings is 1. The number of methoxy groups -OCH3 is 1. The summed E-state index contributed by atoms with van der Waals surface area (Å²) >= 11 is 5.92. The predicted molar refractivity (Wildman–Crippen MR) is 123 cm³/mol. The largest absolute Gasteiger partial charge is 0.382 e. The number of nitrogens with zero attached hydrogens (tertiary/aromatic N) is 3. The molecule has 0 spiro atoms. The topological polar surface area (TPSA) is 66.4 Å². The summed E-state index contributed by atoms with van der Waals surface area (Å²) in [5.74, 6) is 0.855. The zero-order chi connectivity index (χ0) is 19.5. The van der Waals surface area contributed by atoms with E-state index in [4.69, 9.17) is 21.1 Å². The molecule has 28 heavy (non-hydrogen) atoms. The van der Waals surface area contributed by atoms with Crippen LogP contribution in [0, 0.1) is 0 Å². The van der Waals surface area contributed by atoms with Crippen LogP contribution in [0.2, 0.25) is 5.02 Å². The zero-order valence-corrected chi connectivity index (χ0v) is 19.6. The number of hydrogen-bond acceptors (Lipinski definition) is 4. The molecule has 1 aromatic carbocycles. The van der Waals surface area contributed by atoms with Gasteiger partial charge < -0.3 is 24.6 Å². The summed E-state index contributed by atoms with van der Waals surface area (Å²) in [5, 5.41) is 4.00. The lowest BCUT2D eigenvalue weighted by atomic mass is 10.2. The SMILES string of the molecule is CN=C(NCCCOCCOC)N1CCN(Cc2ccc(Cl)cc2)C(=O)C1.I. The van der Waals surface area contributed by atoms with Crippen LogP contribution < -0.4 is 5.32 Å².